The molecule has 1 fully saturated rings. The quantitative estimate of drug-likeness (QED) is 0.381. The number of nitrogens with zero attached hydrogens (tertiary/aromatic N) is 3. The zero-order valence-corrected chi connectivity index (χ0v) is 18.7. The van der Waals surface area contributed by atoms with Crippen molar-refractivity contribution in [3.05, 3.63) is 94.5 Å². The van der Waals surface area contributed by atoms with E-state index in [1.165, 1.54) is 24.0 Å². The van der Waals surface area contributed by atoms with Crippen molar-refractivity contribution in [3.8, 4) is 0 Å². The van der Waals surface area contributed by atoms with Gasteiger partial charge in [-0.1, -0.05) is 60.1 Å². The van der Waals surface area contributed by atoms with E-state index in [1.807, 2.05) is 31.2 Å². The minimum absolute atomic E-state index is 0.676. The highest BCUT2D eigenvalue weighted by atomic mass is 35.5. The summed E-state index contributed by atoms with van der Waals surface area (Å²) in [4.78, 5) is 11.6. The third kappa shape index (κ3) is 5.49. The summed E-state index contributed by atoms with van der Waals surface area (Å²) in [7, 11) is 0. The van der Waals surface area contributed by atoms with E-state index in [2.05, 4.69) is 65.1 Å². The summed E-state index contributed by atoms with van der Waals surface area (Å²) >= 11 is 5.99. The number of rotatable bonds is 6. The number of hydrogen-bond donors (Lipinski definition) is 0. The molecule has 1 aliphatic rings. The van der Waals surface area contributed by atoms with Crippen LogP contribution < -0.4 is 0 Å². The second kappa shape index (κ2) is 10.0. The van der Waals surface area contributed by atoms with Crippen LogP contribution in [0.25, 0.3) is 0 Å². The van der Waals surface area contributed by atoms with Crippen LogP contribution in [0, 0.1) is 0 Å². The molecule has 4 heteroatoms. The van der Waals surface area contributed by atoms with Crippen LogP contribution in [-0.2, 0) is 6.54 Å². The standard InChI is InChI=1S/C27H28ClN3/c1-20(22-9-11-25(28)12-10-22)30-26-13-8-21(18-27(26)29-2)19-31-16-14-24(15-17-31)23-6-4-3-5-7-23/h3-13,18,24H,2,14-17,19H2,1H3. The highest BCUT2D eigenvalue weighted by molar-refractivity contribution is 6.30. The summed E-state index contributed by atoms with van der Waals surface area (Å²) < 4.78 is 0. The molecule has 0 amide bonds. The van der Waals surface area contributed by atoms with Gasteiger partial charge in [0, 0.05) is 17.3 Å². The molecule has 1 aliphatic heterocycles. The van der Waals surface area contributed by atoms with Crippen LogP contribution in [-0.4, -0.2) is 30.4 Å². The Hall–Kier alpha value is -2.75. The lowest BCUT2D eigenvalue weighted by Gasteiger charge is -2.32. The molecule has 4 rings (SSSR count). The van der Waals surface area contributed by atoms with Gasteiger partial charge in [-0.15, -0.1) is 0 Å². The summed E-state index contributed by atoms with van der Waals surface area (Å²) in [6.07, 6.45) is 2.42. The van der Waals surface area contributed by atoms with Gasteiger partial charge in [-0.3, -0.25) is 14.9 Å². The average Bonchev–Trinajstić information content (AvgIpc) is 2.81. The number of aliphatic imine (C=N–C) groups is 2. The molecular formula is C27H28ClN3. The van der Waals surface area contributed by atoms with Crippen LogP contribution >= 0.6 is 11.6 Å². The Labute approximate surface area is 190 Å². The van der Waals surface area contributed by atoms with Gasteiger partial charge in [0.1, 0.15) is 0 Å². The summed E-state index contributed by atoms with van der Waals surface area (Å²) in [6.45, 7) is 8.93. The molecule has 158 valence electrons. The Bertz CT molecular complexity index is 1050. The molecule has 3 aromatic carbocycles. The first-order valence-electron chi connectivity index (χ1n) is 10.8. The highest BCUT2D eigenvalue weighted by Crippen LogP contribution is 2.32. The highest BCUT2D eigenvalue weighted by Gasteiger charge is 2.20. The summed E-state index contributed by atoms with van der Waals surface area (Å²) in [5, 5.41) is 0.724. The summed E-state index contributed by atoms with van der Waals surface area (Å²) in [6, 6.07) is 24.9. The van der Waals surface area contributed by atoms with Gasteiger partial charge in [-0.25, -0.2) is 0 Å². The van der Waals surface area contributed by atoms with Crippen LogP contribution in [0.5, 0.6) is 0 Å². The van der Waals surface area contributed by atoms with Crippen molar-refractivity contribution in [2.45, 2.75) is 32.2 Å². The number of hydrogen-bond acceptors (Lipinski definition) is 3. The zero-order chi connectivity index (χ0) is 21.6. The molecule has 1 heterocycles. The van der Waals surface area contributed by atoms with E-state index in [4.69, 9.17) is 16.6 Å². The Morgan fingerprint density at radius 2 is 1.68 bits per heavy atom. The fourth-order valence-electron chi connectivity index (χ4n) is 4.23. The third-order valence-electron chi connectivity index (χ3n) is 6.03. The molecule has 0 saturated carbocycles. The lowest BCUT2D eigenvalue weighted by Crippen LogP contribution is -2.32. The van der Waals surface area contributed by atoms with Gasteiger partial charge in [0.25, 0.3) is 0 Å². The Kier molecular flexibility index (Phi) is 6.96. The lowest BCUT2D eigenvalue weighted by atomic mass is 9.89. The van der Waals surface area contributed by atoms with Gasteiger partial charge in [0.05, 0.1) is 11.4 Å². The van der Waals surface area contributed by atoms with E-state index in [1.54, 1.807) is 0 Å². The molecule has 0 N–H and O–H groups in total. The van der Waals surface area contributed by atoms with Crippen molar-refractivity contribution < 1.29 is 0 Å². The molecular weight excluding hydrogens is 402 g/mol. The van der Waals surface area contributed by atoms with E-state index in [-0.39, 0.29) is 0 Å². The maximum atomic E-state index is 5.99. The third-order valence-corrected chi connectivity index (χ3v) is 6.28. The molecule has 1 saturated heterocycles. The van der Waals surface area contributed by atoms with Crippen LogP contribution in [0.2, 0.25) is 5.02 Å². The van der Waals surface area contributed by atoms with Crippen molar-refractivity contribution in [2.75, 3.05) is 13.1 Å². The van der Waals surface area contributed by atoms with Crippen molar-refractivity contribution in [2.24, 2.45) is 9.98 Å². The fourth-order valence-corrected chi connectivity index (χ4v) is 4.36. The molecule has 0 bridgehead atoms. The molecule has 0 radical (unpaired) electrons. The predicted octanol–water partition coefficient (Wildman–Crippen LogP) is 7.19. The molecule has 0 spiro atoms. The molecule has 31 heavy (non-hydrogen) atoms. The zero-order valence-electron chi connectivity index (χ0n) is 18.0. The SMILES string of the molecule is C=Nc1cc(CN2CCC(c3ccccc3)CC2)ccc1N=C(C)c1ccc(Cl)cc1. The largest absolute Gasteiger partial charge is 0.299 e. The van der Waals surface area contributed by atoms with Crippen molar-refractivity contribution in [1.82, 2.24) is 4.90 Å². The van der Waals surface area contributed by atoms with E-state index >= 15 is 0 Å². The minimum Gasteiger partial charge on any atom is -0.299 e. The fraction of sp³-hybridized carbons (Fsp3) is 0.259. The van der Waals surface area contributed by atoms with Crippen molar-refractivity contribution in [1.29, 1.82) is 0 Å². The summed E-state index contributed by atoms with van der Waals surface area (Å²) in [5.41, 5.74) is 6.36. The average molecular weight is 430 g/mol. The molecule has 3 nitrogen and oxygen atoms in total. The molecule has 0 aromatic heterocycles. The number of likely N-dealkylation sites (tertiary alicyclic amines) is 1. The van der Waals surface area contributed by atoms with Gasteiger partial charge in [0.2, 0.25) is 0 Å². The van der Waals surface area contributed by atoms with Gasteiger partial charge in [0.15, 0.2) is 0 Å². The first kappa shape index (κ1) is 21.5. The smallest absolute Gasteiger partial charge is 0.0889 e. The van der Waals surface area contributed by atoms with Crippen LogP contribution in [0.15, 0.2) is 82.8 Å². The Morgan fingerprint density at radius 1 is 0.968 bits per heavy atom. The molecule has 0 unspecified atom stereocenters. The molecule has 0 atom stereocenters. The van der Waals surface area contributed by atoms with Gasteiger partial charge in [-0.05, 0) is 86.4 Å². The van der Waals surface area contributed by atoms with E-state index < -0.39 is 0 Å². The van der Waals surface area contributed by atoms with E-state index in [0.29, 0.717) is 5.92 Å². The monoisotopic (exact) mass is 429 g/mol. The second-order valence-corrected chi connectivity index (χ2v) is 8.58. The first-order chi connectivity index (χ1) is 15.1. The Morgan fingerprint density at radius 3 is 2.35 bits per heavy atom. The number of halogens is 1. The lowest BCUT2D eigenvalue weighted by molar-refractivity contribution is 0.204. The number of benzene rings is 3. The van der Waals surface area contributed by atoms with Gasteiger partial charge in [-0.2, -0.15) is 0 Å². The second-order valence-electron chi connectivity index (χ2n) is 8.15. The number of piperidine rings is 1. The van der Waals surface area contributed by atoms with Crippen LogP contribution in [0.3, 0.4) is 0 Å². The normalized spacial score (nSPS) is 15.7. The van der Waals surface area contributed by atoms with Gasteiger partial charge < -0.3 is 0 Å². The minimum atomic E-state index is 0.676. The topological polar surface area (TPSA) is 28.0 Å². The predicted molar refractivity (Wildman–Crippen MR) is 133 cm³/mol. The summed E-state index contributed by atoms with van der Waals surface area (Å²) in [5.74, 6) is 0.676. The first-order valence-corrected chi connectivity index (χ1v) is 11.2. The maximum absolute atomic E-state index is 5.99. The van der Waals surface area contributed by atoms with E-state index in [0.717, 1.165) is 47.3 Å². The van der Waals surface area contributed by atoms with Crippen molar-refractivity contribution in [3.63, 3.8) is 0 Å². The van der Waals surface area contributed by atoms with Crippen LogP contribution in [0.4, 0.5) is 11.4 Å². The maximum Gasteiger partial charge on any atom is 0.0889 e. The Balaban J connectivity index is 1.42. The molecule has 3 aromatic rings. The van der Waals surface area contributed by atoms with E-state index in [9.17, 15) is 0 Å². The molecule has 0 aliphatic carbocycles. The van der Waals surface area contributed by atoms with Crippen LogP contribution in [0.1, 0.15) is 42.4 Å². The van der Waals surface area contributed by atoms with Gasteiger partial charge >= 0.3 is 0 Å². The van der Waals surface area contributed by atoms with Crippen molar-refractivity contribution >= 4 is 35.4 Å².